The summed E-state index contributed by atoms with van der Waals surface area (Å²) in [6.45, 7) is 2.88. The standard InChI is InChI=1S/C15H20N2O4/c1-2-21-15(20)11-6-7-13(16-10-11)17-8-4-3-5-12(17)9-14(18)19/h6-7,10,12H,2-5,8-9H2,1H3,(H,18,19). The predicted molar refractivity (Wildman–Crippen MR) is 77.4 cm³/mol. The Morgan fingerprint density at radius 3 is 2.86 bits per heavy atom. The van der Waals surface area contributed by atoms with Gasteiger partial charge in [0.1, 0.15) is 5.82 Å². The molecule has 21 heavy (non-hydrogen) atoms. The number of carbonyl (C=O) groups excluding carboxylic acids is 1. The fourth-order valence-electron chi connectivity index (χ4n) is 2.61. The normalized spacial score (nSPS) is 18.3. The molecule has 6 heteroatoms. The van der Waals surface area contributed by atoms with E-state index in [2.05, 4.69) is 4.98 Å². The Labute approximate surface area is 123 Å². The number of aromatic nitrogens is 1. The number of hydrogen-bond acceptors (Lipinski definition) is 5. The van der Waals surface area contributed by atoms with Crippen LogP contribution in [0.25, 0.3) is 0 Å². The number of nitrogens with zero attached hydrogens (tertiary/aromatic N) is 2. The zero-order valence-corrected chi connectivity index (χ0v) is 12.1. The van der Waals surface area contributed by atoms with Crippen molar-refractivity contribution in [3.8, 4) is 0 Å². The molecule has 0 amide bonds. The maximum absolute atomic E-state index is 11.6. The van der Waals surface area contributed by atoms with Gasteiger partial charge in [-0.2, -0.15) is 0 Å². The number of esters is 1. The summed E-state index contributed by atoms with van der Waals surface area (Å²) < 4.78 is 4.92. The molecule has 1 aromatic heterocycles. The Morgan fingerprint density at radius 2 is 2.24 bits per heavy atom. The lowest BCUT2D eigenvalue weighted by Gasteiger charge is -2.35. The van der Waals surface area contributed by atoms with E-state index < -0.39 is 11.9 Å². The Kier molecular flexibility index (Phi) is 5.14. The second-order valence-electron chi connectivity index (χ2n) is 5.07. The molecule has 0 aliphatic carbocycles. The van der Waals surface area contributed by atoms with Crippen LogP contribution in [-0.4, -0.2) is 41.2 Å². The molecule has 0 saturated carbocycles. The van der Waals surface area contributed by atoms with E-state index in [1.54, 1.807) is 19.1 Å². The van der Waals surface area contributed by atoms with E-state index >= 15 is 0 Å². The zero-order chi connectivity index (χ0) is 15.2. The molecule has 1 saturated heterocycles. The van der Waals surface area contributed by atoms with Crippen molar-refractivity contribution in [2.24, 2.45) is 0 Å². The fraction of sp³-hybridized carbons (Fsp3) is 0.533. The third kappa shape index (κ3) is 3.93. The average Bonchev–Trinajstić information content (AvgIpc) is 2.48. The van der Waals surface area contributed by atoms with Crippen LogP contribution in [-0.2, 0) is 9.53 Å². The highest BCUT2D eigenvalue weighted by Crippen LogP contribution is 2.25. The molecular weight excluding hydrogens is 272 g/mol. The van der Waals surface area contributed by atoms with Crippen LogP contribution in [0.2, 0.25) is 0 Å². The number of piperidine rings is 1. The lowest BCUT2D eigenvalue weighted by Crippen LogP contribution is -2.41. The number of carboxylic acid groups (broad SMARTS) is 1. The fourth-order valence-corrected chi connectivity index (χ4v) is 2.61. The molecule has 6 nitrogen and oxygen atoms in total. The van der Waals surface area contributed by atoms with Crippen LogP contribution in [0.1, 0.15) is 43.0 Å². The quantitative estimate of drug-likeness (QED) is 0.837. The third-order valence-electron chi connectivity index (χ3n) is 3.59. The summed E-state index contributed by atoms with van der Waals surface area (Å²) in [5.74, 6) is -0.471. The predicted octanol–water partition coefficient (Wildman–Crippen LogP) is 2.09. The number of pyridine rings is 1. The van der Waals surface area contributed by atoms with Gasteiger partial charge >= 0.3 is 11.9 Å². The number of rotatable bonds is 5. The van der Waals surface area contributed by atoms with Gasteiger partial charge in [0.25, 0.3) is 0 Å². The molecule has 1 N–H and O–H groups in total. The molecule has 0 bridgehead atoms. The van der Waals surface area contributed by atoms with Gasteiger partial charge in [0.15, 0.2) is 0 Å². The van der Waals surface area contributed by atoms with Crippen molar-refractivity contribution in [1.29, 1.82) is 0 Å². The van der Waals surface area contributed by atoms with Gasteiger partial charge in [-0.05, 0) is 38.3 Å². The van der Waals surface area contributed by atoms with E-state index in [1.165, 1.54) is 6.20 Å². The Bertz CT molecular complexity index is 501. The van der Waals surface area contributed by atoms with Crippen molar-refractivity contribution < 1.29 is 19.4 Å². The summed E-state index contributed by atoms with van der Waals surface area (Å²) >= 11 is 0. The van der Waals surface area contributed by atoms with Crippen molar-refractivity contribution in [3.05, 3.63) is 23.9 Å². The van der Waals surface area contributed by atoms with Crippen molar-refractivity contribution in [3.63, 3.8) is 0 Å². The van der Waals surface area contributed by atoms with E-state index in [4.69, 9.17) is 9.84 Å². The van der Waals surface area contributed by atoms with Crippen LogP contribution in [0.15, 0.2) is 18.3 Å². The molecule has 2 heterocycles. The largest absolute Gasteiger partial charge is 0.481 e. The molecule has 1 aliphatic heterocycles. The van der Waals surface area contributed by atoms with Crippen LogP contribution in [0.3, 0.4) is 0 Å². The first-order valence-electron chi connectivity index (χ1n) is 7.23. The van der Waals surface area contributed by atoms with E-state index in [-0.39, 0.29) is 12.5 Å². The van der Waals surface area contributed by atoms with E-state index in [0.717, 1.165) is 25.8 Å². The summed E-state index contributed by atoms with van der Waals surface area (Å²) in [6, 6.07) is 3.40. The number of anilines is 1. The van der Waals surface area contributed by atoms with Gasteiger partial charge in [-0.25, -0.2) is 9.78 Å². The maximum atomic E-state index is 11.6. The van der Waals surface area contributed by atoms with E-state index in [9.17, 15) is 9.59 Å². The smallest absolute Gasteiger partial charge is 0.339 e. The number of aliphatic carboxylic acids is 1. The molecule has 1 aromatic rings. The summed E-state index contributed by atoms with van der Waals surface area (Å²) in [4.78, 5) is 28.9. The molecule has 1 atom stereocenters. The molecular formula is C15H20N2O4. The van der Waals surface area contributed by atoms with Gasteiger partial charge in [-0.1, -0.05) is 0 Å². The summed E-state index contributed by atoms with van der Waals surface area (Å²) in [7, 11) is 0. The van der Waals surface area contributed by atoms with Crippen LogP contribution in [0.5, 0.6) is 0 Å². The zero-order valence-electron chi connectivity index (χ0n) is 12.1. The summed E-state index contributed by atoms with van der Waals surface area (Å²) in [5, 5.41) is 9.00. The highest BCUT2D eigenvalue weighted by atomic mass is 16.5. The Hall–Kier alpha value is -2.11. The minimum Gasteiger partial charge on any atom is -0.481 e. The second kappa shape index (κ2) is 7.06. The van der Waals surface area contributed by atoms with Crippen molar-refractivity contribution in [1.82, 2.24) is 4.98 Å². The van der Waals surface area contributed by atoms with Crippen molar-refractivity contribution >= 4 is 17.8 Å². The molecule has 0 aromatic carbocycles. The molecule has 2 rings (SSSR count). The van der Waals surface area contributed by atoms with Gasteiger partial charge in [0.05, 0.1) is 18.6 Å². The molecule has 1 aliphatic rings. The van der Waals surface area contributed by atoms with Crippen LogP contribution < -0.4 is 4.90 Å². The lowest BCUT2D eigenvalue weighted by atomic mass is 9.99. The van der Waals surface area contributed by atoms with Crippen LogP contribution in [0.4, 0.5) is 5.82 Å². The average molecular weight is 292 g/mol. The monoisotopic (exact) mass is 292 g/mol. The van der Waals surface area contributed by atoms with Gasteiger partial charge in [-0.3, -0.25) is 4.79 Å². The SMILES string of the molecule is CCOC(=O)c1ccc(N2CCCCC2CC(=O)O)nc1. The first-order valence-corrected chi connectivity index (χ1v) is 7.23. The molecule has 0 spiro atoms. The minimum atomic E-state index is -0.796. The second-order valence-corrected chi connectivity index (χ2v) is 5.07. The summed E-state index contributed by atoms with van der Waals surface area (Å²) in [6.07, 6.45) is 4.52. The first-order chi connectivity index (χ1) is 10.1. The topological polar surface area (TPSA) is 79.7 Å². The summed E-state index contributed by atoms with van der Waals surface area (Å²) in [5.41, 5.74) is 0.410. The minimum absolute atomic E-state index is 0.0304. The van der Waals surface area contributed by atoms with Gasteiger partial charge < -0.3 is 14.7 Å². The highest BCUT2D eigenvalue weighted by Gasteiger charge is 2.25. The van der Waals surface area contributed by atoms with Gasteiger partial charge in [0, 0.05) is 18.8 Å². The Balaban J connectivity index is 2.12. The lowest BCUT2D eigenvalue weighted by molar-refractivity contribution is -0.137. The van der Waals surface area contributed by atoms with E-state index in [1.807, 2.05) is 4.90 Å². The van der Waals surface area contributed by atoms with Crippen LogP contribution in [0, 0.1) is 0 Å². The van der Waals surface area contributed by atoms with Crippen molar-refractivity contribution in [2.45, 2.75) is 38.6 Å². The van der Waals surface area contributed by atoms with Crippen molar-refractivity contribution in [2.75, 3.05) is 18.1 Å². The molecule has 114 valence electrons. The number of ether oxygens (including phenoxy) is 1. The molecule has 1 fully saturated rings. The van der Waals surface area contributed by atoms with Gasteiger partial charge in [0.2, 0.25) is 0 Å². The number of carboxylic acids is 1. The number of carbonyl (C=O) groups is 2. The third-order valence-corrected chi connectivity index (χ3v) is 3.59. The van der Waals surface area contributed by atoms with Gasteiger partial charge in [-0.15, -0.1) is 0 Å². The van der Waals surface area contributed by atoms with Crippen LogP contribution >= 0.6 is 0 Å². The molecule has 0 radical (unpaired) electrons. The molecule has 1 unspecified atom stereocenters. The maximum Gasteiger partial charge on any atom is 0.339 e. The number of hydrogen-bond donors (Lipinski definition) is 1. The first kappa shape index (κ1) is 15.3. The highest BCUT2D eigenvalue weighted by molar-refractivity contribution is 5.89. The Morgan fingerprint density at radius 1 is 1.43 bits per heavy atom. The van der Waals surface area contributed by atoms with E-state index in [0.29, 0.717) is 18.0 Å².